The highest BCUT2D eigenvalue weighted by molar-refractivity contribution is 5.55. The molecule has 0 amide bonds. The van der Waals surface area contributed by atoms with Crippen LogP contribution in [0.3, 0.4) is 0 Å². The van der Waals surface area contributed by atoms with Crippen molar-refractivity contribution >= 4 is 6.08 Å². The summed E-state index contributed by atoms with van der Waals surface area (Å²) in [7, 11) is 0. The zero-order valence-corrected chi connectivity index (χ0v) is 6.84. The molecule has 0 bridgehead atoms. The van der Waals surface area contributed by atoms with Gasteiger partial charge in [-0.3, -0.25) is 0 Å². The minimum Gasteiger partial charge on any atom is -0.207 e. The van der Waals surface area contributed by atoms with Gasteiger partial charge in [0.05, 0.1) is 0 Å². The molecule has 1 rings (SSSR count). The second kappa shape index (κ2) is 3.73. The van der Waals surface area contributed by atoms with Crippen molar-refractivity contribution in [1.82, 2.24) is 0 Å². The summed E-state index contributed by atoms with van der Waals surface area (Å²) in [5.41, 5.74) is 1.84. The van der Waals surface area contributed by atoms with Gasteiger partial charge in [-0.1, -0.05) is 12.0 Å². The first-order valence-electron chi connectivity index (χ1n) is 3.63. The lowest BCUT2D eigenvalue weighted by Crippen LogP contribution is -1.81. The van der Waals surface area contributed by atoms with Gasteiger partial charge in [0.15, 0.2) is 0 Å². The molecule has 0 nitrogen and oxygen atoms in total. The average molecular weight is 160 g/mol. The Hall–Kier alpha value is -1.55. The van der Waals surface area contributed by atoms with E-state index in [2.05, 4.69) is 5.92 Å². The summed E-state index contributed by atoms with van der Waals surface area (Å²) >= 11 is 0. The van der Waals surface area contributed by atoms with Gasteiger partial charge in [-0.25, -0.2) is 4.39 Å². The van der Waals surface area contributed by atoms with Crippen molar-refractivity contribution in [2.75, 3.05) is 0 Å². The lowest BCUT2D eigenvalue weighted by molar-refractivity contribution is 0.627. The first-order valence-corrected chi connectivity index (χ1v) is 3.63. The highest BCUT2D eigenvalue weighted by atomic mass is 19.1. The topological polar surface area (TPSA) is 0 Å². The number of terminal acetylenes is 1. The number of benzene rings is 1. The zero-order chi connectivity index (χ0) is 8.97. The van der Waals surface area contributed by atoms with E-state index < -0.39 is 0 Å². The fourth-order valence-electron chi connectivity index (χ4n) is 0.929. The fourth-order valence-corrected chi connectivity index (χ4v) is 0.929. The Morgan fingerprint density at radius 3 is 2.92 bits per heavy atom. The van der Waals surface area contributed by atoms with Gasteiger partial charge < -0.3 is 0 Å². The Morgan fingerprint density at radius 1 is 1.50 bits per heavy atom. The molecule has 0 unspecified atom stereocenters. The molecule has 0 aliphatic heterocycles. The molecule has 0 aliphatic rings. The molecule has 0 spiro atoms. The maximum Gasteiger partial charge on any atom is 0.123 e. The van der Waals surface area contributed by atoms with Crippen molar-refractivity contribution in [2.45, 2.75) is 6.92 Å². The predicted molar refractivity (Wildman–Crippen MR) is 49.0 cm³/mol. The van der Waals surface area contributed by atoms with Crippen molar-refractivity contribution < 1.29 is 4.39 Å². The lowest BCUT2D eigenvalue weighted by Gasteiger charge is -1.98. The van der Waals surface area contributed by atoms with Gasteiger partial charge in [-0.2, -0.15) is 0 Å². The van der Waals surface area contributed by atoms with Crippen LogP contribution in [-0.4, -0.2) is 0 Å². The lowest BCUT2D eigenvalue weighted by atomic mass is 10.1. The van der Waals surface area contributed by atoms with E-state index >= 15 is 0 Å². The van der Waals surface area contributed by atoms with Crippen LogP contribution in [0.5, 0.6) is 0 Å². The van der Waals surface area contributed by atoms with Crippen LogP contribution in [0.1, 0.15) is 11.1 Å². The summed E-state index contributed by atoms with van der Waals surface area (Å²) in [5.74, 6) is 2.12. The molecular weight excluding hydrogens is 151 g/mol. The molecule has 60 valence electrons. The van der Waals surface area contributed by atoms with Crippen LogP contribution >= 0.6 is 0 Å². The van der Waals surface area contributed by atoms with Crippen molar-refractivity contribution in [2.24, 2.45) is 0 Å². The molecule has 0 saturated heterocycles. The number of aryl methyl sites for hydroxylation is 1. The van der Waals surface area contributed by atoms with Gasteiger partial charge in [0.2, 0.25) is 0 Å². The van der Waals surface area contributed by atoms with E-state index in [9.17, 15) is 4.39 Å². The van der Waals surface area contributed by atoms with Gasteiger partial charge in [0, 0.05) is 0 Å². The van der Waals surface area contributed by atoms with Crippen LogP contribution < -0.4 is 0 Å². The van der Waals surface area contributed by atoms with Gasteiger partial charge in [-0.05, 0) is 42.3 Å². The molecule has 1 aromatic carbocycles. The van der Waals surface area contributed by atoms with Gasteiger partial charge in [-0.15, -0.1) is 6.42 Å². The summed E-state index contributed by atoms with van der Waals surface area (Å²) in [5, 5.41) is 0. The standard InChI is InChI=1S/C11H9F/c1-3-4-5-10-8-11(12)7-6-9(10)2/h1,4-8H,2H3/b5-4-. The van der Waals surface area contributed by atoms with Crippen LogP contribution in [0.2, 0.25) is 0 Å². The number of hydrogen-bond donors (Lipinski definition) is 0. The van der Waals surface area contributed by atoms with E-state index in [0.717, 1.165) is 11.1 Å². The third-order valence-electron chi connectivity index (χ3n) is 1.60. The van der Waals surface area contributed by atoms with Crippen molar-refractivity contribution in [3.63, 3.8) is 0 Å². The molecule has 0 radical (unpaired) electrons. The maximum atomic E-state index is 12.7. The molecule has 12 heavy (non-hydrogen) atoms. The molecule has 0 heterocycles. The maximum absolute atomic E-state index is 12.7. The van der Waals surface area contributed by atoms with E-state index in [-0.39, 0.29) is 5.82 Å². The Morgan fingerprint density at radius 2 is 2.25 bits per heavy atom. The van der Waals surface area contributed by atoms with Gasteiger partial charge in [0.25, 0.3) is 0 Å². The quantitative estimate of drug-likeness (QED) is 0.554. The van der Waals surface area contributed by atoms with Crippen LogP contribution in [0.15, 0.2) is 24.3 Å². The summed E-state index contributed by atoms with van der Waals surface area (Å²) in [6.07, 6.45) is 8.31. The van der Waals surface area contributed by atoms with E-state index in [1.54, 1.807) is 18.2 Å². The van der Waals surface area contributed by atoms with Crippen LogP contribution in [0, 0.1) is 25.1 Å². The Balaban J connectivity index is 3.07. The molecule has 0 N–H and O–H groups in total. The molecule has 0 aliphatic carbocycles. The molecule has 0 saturated carbocycles. The van der Waals surface area contributed by atoms with Gasteiger partial charge in [0.1, 0.15) is 5.82 Å². The summed E-state index contributed by atoms with van der Waals surface area (Å²) in [4.78, 5) is 0. The van der Waals surface area contributed by atoms with E-state index in [0.29, 0.717) is 0 Å². The monoisotopic (exact) mass is 160 g/mol. The normalized spacial score (nSPS) is 10.1. The van der Waals surface area contributed by atoms with Crippen LogP contribution in [0.4, 0.5) is 4.39 Å². The average Bonchev–Trinajstić information content (AvgIpc) is 2.07. The molecule has 1 heteroatoms. The third kappa shape index (κ3) is 1.96. The second-order valence-corrected chi connectivity index (χ2v) is 2.50. The largest absolute Gasteiger partial charge is 0.207 e. The Kier molecular flexibility index (Phi) is 2.66. The zero-order valence-electron chi connectivity index (χ0n) is 6.84. The second-order valence-electron chi connectivity index (χ2n) is 2.50. The fraction of sp³-hybridized carbons (Fsp3) is 0.0909. The van der Waals surface area contributed by atoms with Gasteiger partial charge >= 0.3 is 0 Å². The summed E-state index contributed by atoms with van der Waals surface area (Å²) in [6, 6.07) is 4.62. The van der Waals surface area contributed by atoms with Crippen LogP contribution in [0.25, 0.3) is 6.08 Å². The summed E-state index contributed by atoms with van der Waals surface area (Å²) in [6.45, 7) is 1.91. The van der Waals surface area contributed by atoms with Crippen molar-refractivity contribution in [1.29, 1.82) is 0 Å². The SMILES string of the molecule is C#C/C=C\c1cc(F)ccc1C. The van der Waals surface area contributed by atoms with E-state index in [1.807, 2.05) is 6.92 Å². The number of allylic oxidation sites excluding steroid dienone is 1. The number of hydrogen-bond acceptors (Lipinski definition) is 0. The van der Waals surface area contributed by atoms with Crippen LogP contribution in [-0.2, 0) is 0 Å². The van der Waals surface area contributed by atoms with E-state index in [4.69, 9.17) is 6.42 Å². The molecular formula is C11H9F. The first-order chi connectivity index (χ1) is 5.74. The smallest absolute Gasteiger partial charge is 0.123 e. The van der Waals surface area contributed by atoms with Crippen molar-refractivity contribution in [3.05, 3.63) is 41.2 Å². The minimum atomic E-state index is -0.239. The number of halogens is 1. The van der Waals surface area contributed by atoms with Crippen molar-refractivity contribution in [3.8, 4) is 12.3 Å². The molecule has 0 atom stereocenters. The molecule has 1 aromatic rings. The molecule has 0 aromatic heterocycles. The first kappa shape index (κ1) is 8.55. The predicted octanol–water partition coefficient (Wildman–Crippen LogP) is 2.78. The minimum absolute atomic E-state index is 0.239. The van der Waals surface area contributed by atoms with E-state index in [1.165, 1.54) is 12.1 Å². The highest BCUT2D eigenvalue weighted by Crippen LogP contribution is 2.11. The number of rotatable bonds is 1. The molecule has 0 fully saturated rings. The third-order valence-corrected chi connectivity index (χ3v) is 1.60. The summed E-state index contributed by atoms with van der Waals surface area (Å²) < 4.78 is 12.7. The highest BCUT2D eigenvalue weighted by Gasteiger charge is 1.94. The Bertz CT molecular complexity index is 343. The Labute approximate surface area is 71.7 Å².